The summed E-state index contributed by atoms with van der Waals surface area (Å²) in [6, 6.07) is 0. The molecule has 1 aromatic heterocycles. The number of nitrogens with zero attached hydrogens (tertiary/aromatic N) is 3. The van der Waals surface area contributed by atoms with E-state index in [1.165, 1.54) is 11.5 Å². The third-order valence-electron chi connectivity index (χ3n) is 2.81. The third kappa shape index (κ3) is 2.53. The Hall–Kier alpha value is -0.520. The first-order chi connectivity index (χ1) is 7.08. The molecule has 0 saturated carbocycles. The Morgan fingerprint density at radius 3 is 3.13 bits per heavy atom. The molecular formula is C10H17N3OS. The fourth-order valence-corrected chi connectivity index (χ4v) is 2.22. The molecule has 1 aromatic rings. The summed E-state index contributed by atoms with van der Waals surface area (Å²) in [4.78, 5) is 2.41. The summed E-state index contributed by atoms with van der Waals surface area (Å²) in [5.74, 6) is 0. The highest BCUT2D eigenvalue weighted by Crippen LogP contribution is 2.23. The minimum atomic E-state index is 0.0934. The molecule has 0 amide bonds. The quantitative estimate of drug-likeness (QED) is 0.768. The van der Waals surface area contributed by atoms with Crippen molar-refractivity contribution in [2.75, 3.05) is 13.2 Å². The maximum Gasteiger partial charge on any atom is 0.0895 e. The van der Waals surface area contributed by atoms with E-state index >= 15 is 0 Å². The average molecular weight is 227 g/mol. The largest absolute Gasteiger partial charge is 0.375 e. The van der Waals surface area contributed by atoms with Crippen molar-refractivity contribution in [3.05, 3.63) is 11.1 Å². The van der Waals surface area contributed by atoms with Gasteiger partial charge in [0.1, 0.15) is 0 Å². The summed E-state index contributed by atoms with van der Waals surface area (Å²) in [7, 11) is 0. The van der Waals surface area contributed by atoms with E-state index in [0.717, 1.165) is 25.4 Å². The fourth-order valence-electron chi connectivity index (χ4n) is 1.77. The van der Waals surface area contributed by atoms with Gasteiger partial charge in [-0.1, -0.05) is 4.49 Å². The lowest BCUT2D eigenvalue weighted by atomic mass is 10.0. The molecule has 5 heteroatoms. The summed E-state index contributed by atoms with van der Waals surface area (Å²) in [6.45, 7) is 9.15. The molecule has 0 bridgehead atoms. The first-order valence-electron chi connectivity index (χ1n) is 5.20. The molecule has 1 aliphatic heterocycles. The van der Waals surface area contributed by atoms with E-state index in [1.54, 1.807) is 0 Å². The number of hydrogen-bond acceptors (Lipinski definition) is 5. The van der Waals surface area contributed by atoms with Gasteiger partial charge >= 0.3 is 0 Å². The van der Waals surface area contributed by atoms with E-state index in [0.29, 0.717) is 6.10 Å². The van der Waals surface area contributed by atoms with E-state index in [1.807, 2.05) is 5.38 Å². The standard InChI is InChI=1S/C10H17N3OS/c1-8-4-13(10(2,3)7-14-8)5-9-6-15-12-11-9/h6,8H,4-5,7H2,1-3H3/t8-/m1/s1. The first kappa shape index (κ1) is 11.0. The molecule has 2 rings (SSSR count). The molecule has 15 heavy (non-hydrogen) atoms. The number of morpholine rings is 1. The molecule has 0 aliphatic carbocycles. The van der Waals surface area contributed by atoms with E-state index in [-0.39, 0.29) is 5.54 Å². The first-order valence-corrected chi connectivity index (χ1v) is 6.04. The smallest absolute Gasteiger partial charge is 0.0895 e. The van der Waals surface area contributed by atoms with Gasteiger partial charge in [0.05, 0.1) is 18.4 Å². The van der Waals surface area contributed by atoms with Crippen LogP contribution in [0, 0.1) is 0 Å². The number of aromatic nitrogens is 2. The highest BCUT2D eigenvalue weighted by molar-refractivity contribution is 7.03. The van der Waals surface area contributed by atoms with Gasteiger partial charge in [-0.05, 0) is 32.3 Å². The van der Waals surface area contributed by atoms with Gasteiger partial charge in [0.2, 0.25) is 0 Å². The van der Waals surface area contributed by atoms with Gasteiger partial charge < -0.3 is 4.74 Å². The van der Waals surface area contributed by atoms with Crippen LogP contribution in [0.4, 0.5) is 0 Å². The minimum absolute atomic E-state index is 0.0934. The lowest BCUT2D eigenvalue weighted by Gasteiger charge is -2.44. The molecule has 4 nitrogen and oxygen atoms in total. The summed E-state index contributed by atoms with van der Waals surface area (Å²) >= 11 is 1.41. The van der Waals surface area contributed by atoms with Crippen molar-refractivity contribution >= 4 is 11.5 Å². The Morgan fingerprint density at radius 1 is 1.67 bits per heavy atom. The topological polar surface area (TPSA) is 38.2 Å². The van der Waals surface area contributed by atoms with Crippen LogP contribution in [0.25, 0.3) is 0 Å². The van der Waals surface area contributed by atoms with Gasteiger partial charge in [-0.15, -0.1) is 5.10 Å². The van der Waals surface area contributed by atoms with Gasteiger partial charge in [-0.25, -0.2) is 0 Å². The molecule has 0 N–H and O–H groups in total. The summed E-state index contributed by atoms with van der Waals surface area (Å²) in [6.07, 6.45) is 0.310. The molecular weight excluding hydrogens is 210 g/mol. The SMILES string of the molecule is C[C@@H]1CN(Cc2csnn2)C(C)(C)CO1. The fraction of sp³-hybridized carbons (Fsp3) is 0.800. The lowest BCUT2D eigenvalue weighted by molar-refractivity contribution is -0.0953. The van der Waals surface area contributed by atoms with Crippen LogP contribution in [-0.4, -0.2) is 39.3 Å². The summed E-state index contributed by atoms with van der Waals surface area (Å²) in [5.41, 5.74) is 1.15. The van der Waals surface area contributed by atoms with Crippen molar-refractivity contribution in [1.82, 2.24) is 14.5 Å². The Morgan fingerprint density at radius 2 is 2.47 bits per heavy atom. The normalized spacial score (nSPS) is 26.7. The van der Waals surface area contributed by atoms with E-state index in [4.69, 9.17) is 4.74 Å². The zero-order valence-corrected chi connectivity index (χ0v) is 10.3. The van der Waals surface area contributed by atoms with Crippen LogP contribution in [0.1, 0.15) is 26.5 Å². The molecule has 0 spiro atoms. The Kier molecular flexibility index (Phi) is 3.04. The highest BCUT2D eigenvalue weighted by Gasteiger charge is 2.33. The van der Waals surface area contributed by atoms with E-state index in [2.05, 4.69) is 35.3 Å². The van der Waals surface area contributed by atoms with Crippen molar-refractivity contribution in [1.29, 1.82) is 0 Å². The van der Waals surface area contributed by atoms with E-state index in [9.17, 15) is 0 Å². The van der Waals surface area contributed by atoms with Crippen LogP contribution in [0.15, 0.2) is 5.38 Å². The van der Waals surface area contributed by atoms with Crippen LogP contribution in [0.2, 0.25) is 0 Å². The predicted molar refractivity (Wildman–Crippen MR) is 59.8 cm³/mol. The molecule has 1 saturated heterocycles. The predicted octanol–water partition coefficient (Wildman–Crippen LogP) is 1.54. The zero-order valence-electron chi connectivity index (χ0n) is 9.43. The second-order valence-corrected chi connectivity index (χ2v) is 5.32. The van der Waals surface area contributed by atoms with Crippen molar-refractivity contribution < 1.29 is 4.74 Å². The average Bonchev–Trinajstić information content (AvgIpc) is 2.65. The van der Waals surface area contributed by atoms with Gasteiger partial charge in [-0.2, -0.15) is 0 Å². The maximum absolute atomic E-state index is 5.67. The number of hydrogen-bond donors (Lipinski definition) is 0. The summed E-state index contributed by atoms with van der Waals surface area (Å²) in [5, 5.41) is 6.10. The van der Waals surface area contributed by atoms with E-state index < -0.39 is 0 Å². The molecule has 0 aromatic carbocycles. The lowest BCUT2D eigenvalue weighted by Crippen LogP contribution is -2.54. The zero-order chi connectivity index (χ0) is 10.9. The van der Waals surface area contributed by atoms with Crippen LogP contribution in [0.3, 0.4) is 0 Å². The van der Waals surface area contributed by atoms with Crippen molar-refractivity contribution in [2.24, 2.45) is 0 Å². The van der Waals surface area contributed by atoms with Crippen molar-refractivity contribution in [3.63, 3.8) is 0 Å². The van der Waals surface area contributed by atoms with Crippen LogP contribution in [-0.2, 0) is 11.3 Å². The van der Waals surface area contributed by atoms with Crippen molar-refractivity contribution in [3.8, 4) is 0 Å². The highest BCUT2D eigenvalue weighted by atomic mass is 32.1. The molecule has 84 valence electrons. The molecule has 1 atom stereocenters. The van der Waals surface area contributed by atoms with Crippen molar-refractivity contribution in [2.45, 2.75) is 39.0 Å². The molecule has 2 heterocycles. The van der Waals surface area contributed by atoms with Crippen LogP contribution in [0.5, 0.6) is 0 Å². The Bertz CT molecular complexity index is 312. The summed E-state index contributed by atoms with van der Waals surface area (Å²) < 4.78 is 9.56. The molecule has 0 unspecified atom stereocenters. The second kappa shape index (κ2) is 4.15. The third-order valence-corrected chi connectivity index (χ3v) is 3.37. The van der Waals surface area contributed by atoms with Gasteiger partial charge in [0.25, 0.3) is 0 Å². The minimum Gasteiger partial charge on any atom is -0.375 e. The van der Waals surface area contributed by atoms with Crippen LogP contribution >= 0.6 is 11.5 Å². The van der Waals surface area contributed by atoms with Gasteiger partial charge in [-0.3, -0.25) is 4.90 Å². The Labute approximate surface area is 94.4 Å². The molecule has 1 fully saturated rings. The van der Waals surface area contributed by atoms with Gasteiger partial charge in [0.15, 0.2) is 0 Å². The maximum atomic E-state index is 5.67. The Balaban J connectivity index is 2.05. The monoisotopic (exact) mass is 227 g/mol. The number of rotatable bonds is 2. The van der Waals surface area contributed by atoms with Gasteiger partial charge in [0, 0.05) is 24.0 Å². The second-order valence-electron chi connectivity index (χ2n) is 4.71. The molecule has 0 radical (unpaired) electrons. The number of ether oxygens (including phenoxy) is 1. The van der Waals surface area contributed by atoms with Crippen LogP contribution < -0.4 is 0 Å². The molecule has 1 aliphatic rings.